The van der Waals surface area contributed by atoms with Gasteiger partial charge in [0.2, 0.25) is 0 Å². The van der Waals surface area contributed by atoms with Gasteiger partial charge in [-0.15, -0.1) is 0 Å². The molecule has 0 radical (unpaired) electrons. The molecule has 0 atom stereocenters. The van der Waals surface area contributed by atoms with E-state index in [1.807, 2.05) is 0 Å². The summed E-state index contributed by atoms with van der Waals surface area (Å²) in [5.74, 6) is 0.902. The van der Waals surface area contributed by atoms with E-state index in [1.54, 1.807) is 28.5 Å². The van der Waals surface area contributed by atoms with Crippen molar-refractivity contribution < 1.29 is 14.0 Å². The van der Waals surface area contributed by atoms with Crippen LogP contribution >= 0.6 is 21.6 Å². The maximum atomic E-state index is 11.2. The number of carbonyl (C=O) groups is 1. The Balaban J connectivity index is 1.91. The largest absolute Gasteiger partial charge is 0.407 e. The van der Waals surface area contributed by atoms with Crippen molar-refractivity contribution in [1.82, 2.24) is 0 Å². The fraction of sp³-hybridized carbons (Fsp3) is 0.519. The fourth-order valence-corrected chi connectivity index (χ4v) is 10.8. The van der Waals surface area contributed by atoms with E-state index in [0.717, 1.165) is 12.8 Å². The van der Waals surface area contributed by atoms with Crippen LogP contribution in [0, 0.1) is 0 Å². The quantitative estimate of drug-likeness (QED) is 0.128. The molecule has 0 bridgehead atoms. The van der Waals surface area contributed by atoms with Crippen LogP contribution in [0.3, 0.4) is 0 Å². The summed E-state index contributed by atoms with van der Waals surface area (Å²) >= 11 is 0. The minimum absolute atomic E-state index is 0.00545. The Morgan fingerprint density at radius 3 is 1.91 bits per heavy atom. The van der Waals surface area contributed by atoms with Gasteiger partial charge in [-0.1, -0.05) is 103 Å². The number of hydrogen-bond acceptors (Lipinski definition) is 5. The second kappa shape index (κ2) is 13.1. The lowest BCUT2D eigenvalue weighted by molar-refractivity contribution is -0.117. The Labute approximate surface area is 210 Å². The molecule has 2 aromatic carbocycles. The minimum Gasteiger partial charge on any atom is -0.407 e. The first-order valence-electron chi connectivity index (χ1n) is 11.7. The highest BCUT2D eigenvalue weighted by atomic mass is 33.1. The summed E-state index contributed by atoms with van der Waals surface area (Å²) < 4.78 is 12.8. The van der Waals surface area contributed by atoms with Crippen LogP contribution in [0.25, 0.3) is 0 Å². The number of Topliss-reactive ketones (excluding diaryl/α,β-unsaturated/α-hetero) is 1. The molecule has 182 valence electrons. The monoisotopic (exact) mass is 504 g/mol. The van der Waals surface area contributed by atoms with Crippen molar-refractivity contribution in [3.05, 3.63) is 60.7 Å². The van der Waals surface area contributed by atoms with Gasteiger partial charge in [-0.2, -0.15) is 0 Å². The second-order valence-electron chi connectivity index (χ2n) is 10.1. The van der Waals surface area contributed by atoms with Crippen LogP contribution in [-0.4, -0.2) is 38.0 Å². The lowest BCUT2D eigenvalue weighted by atomic mass is 10.1. The molecule has 0 aliphatic heterocycles. The van der Waals surface area contributed by atoms with E-state index in [-0.39, 0.29) is 15.6 Å². The number of rotatable bonds is 14. The first-order valence-corrected chi connectivity index (χ1v) is 15.9. The van der Waals surface area contributed by atoms with Crippen LogP contribution in [0.1, 0.15) is 60.8 Å². The van der Waals surface area contributed by atoms with Crippen molar-refractivity contribution in [2.75, 3.05) is 19.2 Å². The van der Waals surface area contributed by atoms with E-state index in [2.05, 4.69) is 95.3 Å². The minimum atomic E-state index is -2.46. The van der Waals surface area contributed by atoms with Crippen LogP contribution in [0.5, 0.6) is 0 Å². The van der Waals surface area contributed by atoms with Crippen molar-refractivity contribution >= 4 is 46.1 Å². The van der Waals surface area contributed by atoms with E-state index < -0.39 is 8.32 Å². The van der Waals surface area contributed by atoms with Gasteiger partial charge in [-0.3, -0.25) is 0 Å². The van der Waals surface area contributed by atoms with Gasteiger partial charge in [0.1, 0.15) is 11.7 Å². The second-order valence-corrected chi connectivity index (χ2v) is 17.3. The molecule has 0 spiro atoms. The smallest absolute Gasteiger partial charge is 0.261 e. The maximum absolute atomic E-state index is 11.2. The van der Waals surface area contributed by atoms with Gasteiger partial charge in [0.15, 0.2) is 0 Å². The third-order valence-electron chi connectivity index (χ3n) is 5.66. The third kappa shape index (κ3) is 8.59. The highest BCUT2D eigenvalue weighted by Gasteiger charge is 2.49. The summed E-state index contributed by atoms with van der Waals surface area (Å²) in [6, 6.07) is 21.5. The Kier molecular flexibility index (Phi) is 11.2. The van der Waals surface area contributed by atoms with Gasteiger partial charge in [-0.05, 0) is 49.0 Å². The molecule has 2 aromatic rings. The Hall–Kier alpha value is -1.05. The SMILES string of the molecule is CC(=O)CCC(C)(C)SSCOCCCO[Si](c1ccccc1)(c1ccccc1)C(C)(C)C. The topological polar surface area (TPSA) is 35.5 Å². The predicted octanol–water partition coefficient (Wildman–Crippen LogP) is 6.46. The average molecular weight is 505 g/mol. The Morgan fingerprint density at radius 2 is 1.42 bits per heavy atom. The van der Waals surface area contributed by atoms with Crippen LogP contribution in [0.2, 0.25) is 5.04 Å². The molecular weight excluding hydrogens is 465 g/mol. The summed E-state index contributed by atoms with van der Waals surface area (Å²) in [6.45, 7) is 14.3. The zero-order chi connectivity index (χ0) is 24.4. The molecule has 0 fully saturated rings. The number of hydrogen-bond donors (Lipinski definition) is 0. The highest BCUT2D eigenvalue weighted by Crippen LogP contribution is 2.39. The van der Waals surface area contributed by atoms with Crippen LogP contribution in [0.15, 0.2) is 60.7 Å². The van der Waals surface area contributed by atoms with Crippen molar-refractivity contribution in [1.29, 1.82) is 0 Å². The number of carbonyl (C=O) groups excluding carboxylic acids is 1. The third-order valence-corrected chi connectivity index (χ3v) is 13.7. The average Bonchev–Trinajstić information content (AvgIpc) is 2.77. The van der Waals surface area contributed by atoms with Gasteiger partial charge in [0, 0.05) is 24.4 Å². The molecule has 6 heteroatoms. The molecule has 0 unspecified atom stereocenters. The molecule has 0 amide bonds. The van der Waals surface area contributed by atoms with Crippen LogP contribution in [-0.2, 0) is 14.0 Å². The van der Waals surface area contributed by atoms with Crippen molar-refractivity contribution in [2.45, 2.75) is 70.6 Å². The van der Waals surface area contributed by atoms with E-state index >= 15 is 0 Å². The number of ether oxygens (including phenoxy) is 1. The van der Waals surface area contributed by atoms with E-state index in [4.69, 9.17) is 9.16 Å². The normalized spacial score (nSPS) is 12.7. The van der Waals surface area contributed by atoms with Crippen molar-refractivity contribution in [2.24, 2.45) is 0 Å². The highest BCUT2D eigenvalue weighted by molar-refractivity contribution is 8.77. The van der Waals surface area contributed by atoms with Gasteiger partial charge < -0.3 is 14.0 Å². The maximum Gasteiger partial charge on any atom is 0.261 e. The molecule has 0 aliphatic carbocycles. The zero-order valence-electron chi connectivity index (χ0n) is 21.1. The van der Waals surface area contributed by atoms with E-state index in [1.165, 1.54) is 10.4 Å². The van der Waals surface area contributed by atoms with Crippen LogP contribution < -0.4 is 10.4 Å². The summed E-state index contributed by atoms with van der Waals surface area (Å²) in [5, 5.41) is 2.61. The standard InChI is InChI=1S/C27H40O3S2Si/c1-23(28)18-19-27(5,6)32-31-22-29-20-13-21-30-33(26(2,3)4,24-14-9-7-10-15-24)25-16-11-8-12-17-25/h7-12,14-17H,13,18-22H2,1-6H3. The molecule has 0 aliphatic rings. The number of benzene rings is 2. The molecule has 0 N–H and O–H groups in total. The fourth-order valence-electron chi connectivity index (χ4n) is 3.94. The van der Waals surface area contributed by atoms with Gasteiger partial charge in [0.05, 0.1) is 0 Å². The first kappa shape index (κ1) is 28.2. The first-order chi connectivity index (χ1) is 15.6. The summed E-state index contributed by atoms with van der Waals surface area (Å²) in [7, 11) is 1.07. The van der Waals surface area contributed by atoms with Gasteiger partial charge >= 0.3 is 0 Å². The zero-order valence-corrected chi connectivity index (χ0v) is 23.7. The molecule has 0 aromatic heterocycles. The molecular formula is C27H40O3S2Si. The van der Waals surface area contributed by atoms with E-state index in [0.29, 0.717) is 25.6 Å². The van der Waals surface area contributed by atoms with Crippen molar-refractivity contribution in [3.63, 3.8) is 0 Å². The molecule has 33 heavy (non-hydrogen) atoms. The van der Waals surface area contributed by atoms with E-state index in [9.17, 15) is 4.79 Å². The summed E-state index contributed by atoms with van der Waals surface area (Å²) in [6.07, 6.45) is 2.40. The van der Waals surface area contributed by atoms with Crippen LogP contribution in [0.4, 0.5) is 0 Å². The van der Waals surface area contributed by atoms with Gasteiger partial charge in [0.25, 0.3) is 8.32 Å². The Bertz CT molecular complexity index is 796. The lowest BCUT2D eigenvalue weighted by Gasteiger charge is -2.43. The predicted molar refractivity (Wildman–Crippen MR) is 148 cm³/mol. The molecule has 0 heterocycles. The van der Waals surface area contributed by atoms with Gasteiger partial charge in [-0.25, -0.2) is 0 Å². The molecule has 2 rings (SSSR count). The Morgan fingerprint density at radius 1 is 0.879 bits per heavy atom. The molecule has 3 nitrogen and oxygen atoms in total. The summed E-state index contributed by atoms with van der Waals surface area (Å²) in [5.41, 5.74) is 0. The number of ketones is 1. The molecule has 0 saturated heterocycles. The summed E-state index contributed by atoms with van der Waals surface area (Å²) in [4.78, 5) is 11.2. The molecule has 0 saturated carbocycles. The lowest BCUT2D eigenvalue weighted by Crippen LogP contribution is -2.66. The van der Waals surface area contributed by atoms with Crippen molar-refractivity contribution in [3.8, 4) is 0 Å².